The summed E-state index contributed by atoms with van der Waals surface area (Å²) < 4.78 is 31.6. The first-order valence-electron chi connectivity index (χ1n) is 2.00. The van der Waals surface area contributed by atoms with E-state index in [0.29, 0.717) is 0 Å². The van der Waals surface area contributed by atoms with Gasteiger partial charge in [-0.25, -0.2) is 9.59 Å². The van der Waals surface area contributed by atoms with Crippen molar-refractivity contribution in [3.63, 3.8) is 0 Å². The van der Waals surface area contributed by atoms with E-state index >= 15 is 0 Å². The van der Waals surface area contributed by atoms with Crippen molar-refractivity contribution in [2.45, 2.75) is 0 Å². The van der Waals surface area contributed by atoms with Gasteiger partial charge >= 0.3 is 98.2 Å². The fraction of sp³-hybridized carbons (Fsp3) is 0. The summed E-state index contributed by atoms with van der Waals surface area (Å²) >= 11 is 0. The molecular formula is C2H10Ca2O10S. The molecule has 0 aliphatic carbocycles. The minimum absolute atomic E-state index is 0. The van der Waals surface area contributed by atoms with Crippen molar-refractivity contribution in [1.82, 2.24) is 0 Å². The summed E-state index contributed by atoms with van der Waals surface area (Å²) in [7, 11) is -4.67. The van der Waals surface area contributed by atoms with Crippen molar-refractivity contribution in [1.29, 1.82) is 0 Å². The first kappa shape index (κ1) is 29.7. The molecule has 0 spiro atoms. The Bertz CT molecular complexity index is 216. The molecule has 0 aliphatic heterocycles. The van der Waals surface area contributed by atoms with Crippen LogP contribution in [-0.2, 0) is 10.4 Å². The van der Waals surface area contributed by atoms with Crippen LogP contribution in [0.5, 0.6) is 0 Å². The third-order valence-electron chi connectivity index (χ3n) is 0. The summed E-state index contributed by atoms with van der Waals surface area (Å²) in [6, 6.07) is 0. The second-order valence-electron chi connectivity index (χ2n) is 1.01. The summed E-state index contributed by atoms with van der Waals surface area (Å²) in [6.07, 6.45) is -3.67. The molecule has 0 aromatic heterocycles. The Kier molecular flexibility index (Phi) is 34.3. The van der Waals surface area contributed by atoms with Crippen LogP contribution in [0.2, 0.25) is 0 Å². The van der Waals surface area contributed by atoms with Crippen LogP contribution in [0.15, 0.2) is 0 Å². The van der Waals surface area contributed by atoms with Gasteiger partial charge in [-0.05, 0) is 0 Å². The first-order valence-corrected chi connectivity index (χ1v) is 3.40. The zero-order valence-corrected chi connectivity index (χ0v) is 6.54. The van der Waals surface area contributed by atoms with E-state index in [1.165, 1.54) is 0 Å². The van der Waals surface area contributed by atoms with Gasteiger partial charge in [0, 0.05) is 0 Å². The molecule has 6 N–H and O–H groups in total. The maximum absolute atomic E-state index is 8.74. The summed E-state index contributed by atoms with van der Waals surface area (Å²) in [4.78, 5) is 17.1. The summed E-state index contributed by atoms with van der Waals surface area (Å²) in [5.41, 5.74) is 0. The Labute approximate surface area is 143 Å². The van der Waals surface area contributed by atoms with Gasteiger partial charge in [0.05, 0.1) is 0 Å². The molecular weight excluding hydrogens is 296 g/mol. The molecule has 0 aliphatic rings. The van der Waals surface area contributed by atoms with Crippen molar-refractivity contribution in [2.75, 3.05) is 0 Å². The molecule has 0 aromatic carbocycles. The fourth-order valence-corrected chi connectivity index (χ4v) is 0. The average molecular weight is 306 g/mol. The maximum atomic E-state index is 8.74. The predicted octanol–water partition coefficient (Wildman–Crippen LogP) is -2.04. The zero-order chi connectivity index (χ0) is 11.7. The molecule has 10 nitrogen and oxygen atoms in total. The van der Waals surface area contributed by atoms with E-state index in [0.717, 1.165) is 0 Å². The van der Waals surface area contributed by atoms with Crippen LogP contribution in [0.1, 0.15) is 0 Å². The Morgan fingerprint density at radius 1 is 0.733 bits per heavy atom. The Morgan fingerprint density at radius 3 is 0.733 bits per heavy atom. The SMILES string of the molecule is O=C(O)O.O=C(O)O.O=S(=O)(O)O.[CaH2].[CaH2]. The molecule has 0 unspecified atom stereocenters. The number of carboxylic acid groups (broad SMARTS) is 4. The van der Waals surface area contributed by atoms with Crippen LogP contribution in [-0.4, -0.2) is 126 Å². The molecule has 0 aromatic rings. The number of carbonyl (C=O) groups is 2. The monoisotopic (exact) mass is 306 g/mol. The summed E-state index contributed by atoms with van der Waals surface area (Å²) in [5, 5.41) is 27.9. The molecule has 0 rings (SSSR count). The van der Waals surface area contributed by atoms with E-state index in [4.69, 9.17) is 47.5 Å². The third-order valence-corrected chi connectivity index (χ3v) is 0. The van der Waals surface area contributed by atoms with Gasteiger partial charge in [0.15, 0.2) is 0 Å². The van der Waals surface area contributed by atoms with E-state index in [9.17, 15) is 0 Å². The molecule has 15 heavy (non-hydrogen) atoms. The van der Waals surface area contributed by atoms with Crippen LogP contribution in [0.25, 0.3) is 0 Å². The normalized spacial score (nSPS) is 7.07. The number of hydrogen-bond acceptors (Lipinski definition) is 4. The van der Waals surface area contributed by atoms with E-state index in [2.05, 4.69) is 0 Å². The fourth-order valence-electron chi connectivity index (χ4n) is 0. The van der Waals surface area contributed by atoms with Gasteiger partial charge in [0.2, 0.25) is 0 Å². The molecule has 0 fully saturated rings. The van der Waals surface area contributed by atoms with Crippen LogP contribution >= 0.6 is 0 Å². The van der Waals surface area contributed by atoms with E-state index in [1.54, 1.807) is 0 Å². The summed E-state index contributed by atoms with van der Waals surface area (Å²) in [6.45, 7) is 0. The second kappa shape index (κ2) is 17.3. The number of rotatable bonds is 0. The molecule has 88 valence electrons. The van der Waals surface area contributed by atoms with Crippen LogP contribution < -0.4 is 0 Å². The molecule has 0 atom stereocenters. The average Bonchev–Trinajstić information content (AvgIpc) is 1.50. The standard InChI is InChI=1S/2CH2O3.2Ca.H2O4S.4H/c2*2-1(3)4;;;1-5(2,3)4;;;;/h2*(H2,2,3,4);;;(H2,1,2,3,4);;;;. The third kappa shape index (κ3) is 2890. The van der Waals surface area contributed by atoms with Crippen LogP contribution in [0, 0.1) is 0 Å². The Morgan fingerprint density at radius 2 is 0.733 bits per heavy atom. The summed E-state index contributed by atoms with van der Waals surface area (Å²) in [5.74, 6) is 0. The molecule has 0 bridgehead atoms. The zero-order valence-electron chi connectivity index (χ0n) is 5.72. The van der Waals surface area contributed by atoms with Crippen molar-refractivity contribution in [2.24, 2.45) is 0 Å². The van der Waals surface area contributed by atoms with Gasteiger partial charge in [-0.2, -0.15) is 8.42 Å². The number of hydrogen-bond donors (Lipinski definition) is 6. The molecule has 13 heteroatoms. The van der Waals surface area contributed by atoms with Gasteiger partial charge in [0.25, 0.3) is 0 Å². The van der Waals surface area contributed by atoms with Gasteiger partial charge < -0.3 is 20.4 Å². The topological polar surface area (TPSA) is 190 Å². The molecule has 0 saturated heterocycles. The van der Waals surface area contributed by atoms with Crippen molar-refractivity contribution in [3.05, 3.63) is 0 Å². The van der Waals surface area contributed by atoms with Crippen molar-refractivity contribution < 1.29 is 47.5 Å². The van der Waals surface area contributed by atoms with Crippen molar-refractivity contribution in [3.8, 4) is 0 Å². The van der Waals surface area contributed by atoms with Gasteiger partial charge in [-0.3, -0.25) is 9.11 Å². The van der Waals surface area contributed by atoms with E-state index in [1.807, 2.05) is 0 Å². The van der Waals surface area contributed by atoms with Gasteiger partial charge in [-0.1, -0.05) is 0 Å². The molecule has 0 saturated carbocycles. The second-order valence-corrected chi connectivity index (χ2v) is 1.91. The van der Waals surface area contributed by atoms with Gasteiger partial charge in [0.1, 0.15) is 0 Å². The van der Waals surface area contributed by atoms with Gasteiger partial charge in [-0.15, -0.1) is 0 Å². The van der Waals surface area contributed by atoms with E-state index in [-0.39, 0.29) is 75.5 Å². The van der Waals surface area contributed by atoms with Crippen LogP contribution in [0.3, 0.4) is 0 Å². The Hall–Kier alpha value is 0.929. The van der Waals surface area contributed by atoms with Crippen molar-refractivity contribution >= 4 is 98.2 Å². The van der Waals surface area contributed by atoms with E-state index < -0.39 is 22.7 Å². The predicted molar refractivity (Wildman–Crippen MR) is 52.6 cm³/mol. The minimum atomic E-state index is -4.67. The quantitative estimate of drug-likeness (QED) is 0.215. The molecule has 0 amide bonds. The molecule has 0 radical (unpaired) electrons. The van der Waals surface area contributed by atoms with Crippen LogP contribution in [0.4, 0.5) is 9.59 Å². The first-order chi connectivity index (χ1) is 5.46. The molecule has 0 heterocycles. The Balaban J connectivity index is -0.0000000315.